The summed E-state index contributed by atoms with van der Waals surface area (Å²) in [6.07, 6.45) is 0. The molecule has 1 N–H and O–H groups in total. The van der Waals surface area contributed by atoms with Crippen LogP contribution in [0.1, 0.15) is 27.4 Å². The smallest absolute Gasteiger partial charge is 0.327 e. The average Bonchev–Trinajstić information content (AvgIpc) is 2.85. The molecule has 6 heteroatoms. The number of carboxylic acids is 1. The lowest BCUT2D eigenvalue weighted by atomic mass is 10.1. The van der Waals surface area contributed by atoms with Gasteiger partial charge in [0.25, 0.3) is 5.91 Å². The van der Waals surface area contributed by atoms with E-state index in [4.69, 9.17) is 9.52 Å². The van der Waals surface area contributed by atoms with Gasteiger partial charge in [0.15, 0.2) is 0 Å². The van der Waals surface area contributed by atoms with Crippen LogP contribution in [-0.2, 0) is 4.79 Å². The van der Waals surface area contributed by atoms with Crippen LogP contribution >= 0.6 is 11.8 Å². The minimum absolute atomic E-state index is 0.251. The number of nitrogens with zero attached hydrogens (tertiary/aromatic N) is 1. The molecule has 1 fully saturated rings. The zero-order valence-corrected chi connectivity index (χ0v) is 11.3. The van der Waals surface area contributed by atoms with Gasteiger partial charge in [-0.15, -0.1) is 11.8 Å². The van der Waals surface area contributed by atoms with Crippen LogP contribution < -0.4 is 0 Å². The molecule has 0 bridgehead atoms. The number of aliphatic carboxylic acids is 1. The quantitative estimate of drug-likeness (QED) is 0.886. The van der Waals surface area contributed by atoms with Crippen molar-refractivity contribution >= 4 is 23.6 Å². The Balaban J connectivity index is 2.34. The van der Waals surface area contributed by atoms with Gasteiger partial charge in [0.1, 0.15) is 17.6 Å². The second-order valence-corrected chi connectivity index (χ2v) is 5.34. The zero-order valence-electron chi connectivity index (χ0n) is 10.5. The molecule has 98 valence electrons. The summed E-state index contributed by atoms with van der Waals surface area (Å²) in [7, 11) is 0. The summed E-state index contributed by atoms with van der Waals surface area (Å²) in [5.74, 6) is 0.906. The Morgan fingerprint density at radius 3 is 2.50 bits per heavy atom. The van der Waals surface area contributed by atoms with Gasteiger partial charge < -0.3 is 14.4 Å². The highest BCUT2D eigenvalue weighted by Crippen LogP contribution is 2.28. The van der Waals surface area contributed by atoms with Gasteiger partial charge in [0, 0.05) is 11.3 Å². The van der Waals surface area contributed by atoms with Crippen molar-refractivity contribution in [3.05, 3.63) is 22.6 Å². The molecule has 1 atom stereocenters. The molecule has 1 saturated heterocycles. The van der Waals surface area contributed by atoms with Crippen molar-refractivity contribution in [1.29, 1.82) is 0 Å². The van der Waals surface area contributed by atoms with Crippen molar-refractivity contribution in [3.8, 4) is 0 Å². The molecule has 2 heterocycles. The van der Waals surface area contributed by atoms with Gasteiger partial charge in [-0.1, -0.05) is 0 Å². The number of hydrogen-bond acceptors (Lipinski definition) is 4. The fourth-order valence-electron chi connectivity index (χ4n) is 2.10. The minimum atomic E-state index is -0.955. The molecular weight excluding hydrogens is 254 g/mol. The lowest BCUT2D eigenvalue weighted by Gasteiger charge is -2.20. The summed E-state index contributed by atoms with van der Waals surface area (Å²) >= 11 is 1.45. The predicted molar refractivity (Wildman–Crippen MR) is 67.8 cm³/mol. The van der Waals surface area contributed by atoms with Crippen molar-refractivity contribution in [2.45, 2.75) is 26.8 Å². The van der Waals surface area contributed by atoms with E-state index >= 15 is 0 Å². The topological polar surface area (TPSA) is 70.8 Å². The van der Waals surface area contributed by atoms with Gasteiger partial charge in [-0.2, -0.15) is 0 Å². The standard InChI is InChI=1S/C12H15NO4S/c1-6-7(2)17-8(3)10(6)11(14)13-5-18-4-9(13)12(15)16/h9H,4-5H2,1-3H3,(H,15,16)/t9-/m0/s1. The second-order valence-electron chi connectivity index (χ2n) is 4.34. The lowest BCUT2D eigenvalue weighted by Crippen LogP contribution is -2.42. The molecule has 0 radical (unpaired) electrons. The van der Waals surface area contributed by atoms with Gasteiger partial charge in [-0.05, 0) is 20.8 Å². The Bertz CT molecular complexity index is 508. The molecule has 5 nitrogen and oxygen atoms in total. The Hall–Kier alpha value is -1.43. The second kappa shape index (κ2) is 4.68. The van der Waals surface area contributed by atoms with Crippen LogP contribution in [0.5, 0.6) is 0 Å². The average molecular weight is 269 g/mol. The highest BCUT2D eigenvalue weighted by Gasteiger charge is 2.36. The number of amides is 1. The first-order valence-electron chi connectivity index (χ1n) is 5.61. The van der Waals surface area contributed by atoms with E-state index in [-0.39, 0.29) is 5.91 Å². The van der Waals surface area contributed by atoms with Crippen molar-refractivity contribution < 1.29 is 19.1 Å². The van der Waals surface area contributed by atoms with Crippen molar-refractivity contribution in [1.82, 2.24) is 4.90 Å². The minimum Gasteiger partial charge on any atom is -0.480 e. The Labute approximate surface area is 109 Å². The third kappa shape index (κ3) is 2.01. The molecule has 1 aliphatic heterocycles. The van der Waals surface area contributed by atoms with E-state index in [9.17, 15) is 9.59 Å². The van der Waals surface area contributed by atoms with Gasteiger partial charge in [-0.3, -0.25) is 4.79 Å². The summed E-state index contributed by atoms with van der Waals surface area (Å²) in [6.45, 7) is 5.34. The highest BCUT2D eigenvalue weighted by molar-refractivity contribution is 7.99. The van der Waals surface area contributed by atoms with Crippen LogP contribution in [0.2, 0.25) is 0 Å². The third-order valence-electron chi connectivity index (χ3n) is 3.20. The Kier molecular flexibility index (Phi) is 3.38. The number of carbonyl (C=O) groups excluding carboxylic acids is 1. The summed E-state index contributed by atoms with van der Waals surface area (Å²) in [5, 5.41) is 9.09. The maximum atomic E-state index is 12.4. The monoisotopic (exact) mass is 269 g/mol. The van der Waals surface area contributed by atoms with E-state index in [1.54, 1.807) is 13.8 Å². The van der Waals surface area contributed by atoms with Gasteiger partial charge in [0.05, 0.1) is 11.4 Å². The molecule has 0 aromatic carbocycles. The lowest BCUT2D eigenvalue weighted by molar-refractivity contribution is -0.140. The SMILES string of the molecule is Cc1oc(C)c(C(=O)N2CSC[C@H]2C(=O)O)c1C. The molecule has 1 aliphatic rings. The number of carboxylic acid groups (broad SMARTS) is 1. The predicted octanol–water partition coefficient (Wildman–Crippen LogP) is 1.80. The fraction of sp³-hybridized carbons (Fsp3) is 0.500. The van der Waals surface area contributed by atoms with E-state index in [0.29, 0.717) is 28.7 Å². The number of furan rings is 1. The first kappa shape index (κ1) is 13.0. The maximum absolute atomic E-state index is 12.4. The number of thioether (sulfide) groups is 1. The number of rotatable bonds is 2. The summed E-state index contributed by atoms with van der Waals surface area (Å²) in [4.78, 5) is 24.9. The first-order valence-corrected chi connectivity index (χ1v) is 6.77. The van der Waals surface area contributed by atoms with Crippen molar-refractivity contribution in [3.63, 3.8) is 0 Å². The van der Waals surface area contributed by atoms with Crippen LogP contribution in [0, 0.1) is 20.8 Å². The van der Waals surface area contributed by atoms with E-state index in [2.05, 4.69) is 0 Å². The molecular formula is C12H15NO4S. The number of hydrogen-bond donors (Lipinski definition) is 1. The molecule has 1 aromatic rings. The number of aryl methyl sites for hydroxylation is 2. The third-order valence-corrected chi connectivity index (χ3v) is 4.22. The van der Waals surface area contributed by atoms with Crippen molar-refractivity contribution in [2.75, 3.05) is 11.6 Å². The van der Waals surface area contributed by atoms with E-state index in [1.165, 1.54) is 16.7 Å². The molecule has 0 unspecified atom stereocenters. The molecule has 1 aromatic heterocycles. The molecule has 0 spiro atoms. The molecule has 2 rings (SSSR count). The van der Waals surface area contributed by atoms with Crippen LogP contribution in [0.3, 0.4) is 0 Å². The van der Waals surface area contributed by atoms with E-state index in [0.717, 1.165) is 5.56 Å². The zero-order chi connectivity index (χ0) is 13.4. The highest BCUT2D eigenvalue weighted by atomic mass is 32.2. The largest absolute Gasteiger partial charge is 0.480 e. The summed E-state index contributed by atoms with van der Waals surface area (Å²) in [5.41, 5.74) is 1.29. The first-order chi connectivity index (χ1) is 8.43. The van der Waals surface area contributed by atoms with E-state index in [1.807, 2.05) is 6.92 Å². The Morgan fingerprint density at radius 1 is 1.33 bits per heavy atom. The van der Waals surface area contributed by atoms with Gasteiger partial charge in [0.2, 0.25) is 0 Å². The van der Waals surface area contributed by atoms with Gasteiger partial charge in [-0.25, -0.2) is 4.79 Å². The van der Waals surface area contributed by atoms with Crippen LogP contribution in [0.15, 0.2) is 4.42 Å². The molecule has 0 saturated carbocycles. The molecule has 18 heavy (non-hydrogen) atoms. The number of carbonyl (C=O) groups is 2. The molecule has 0 aliphatic carbocycles. The van der Waals surface area contributed by atoms with Crippen molar-refractivity contribution in [2.24, 2.45) is 0 Å². The maximum Gasteiger partial charge on any atom is 0.327 e. The molecule has 1 amide bonds. The Morgan fingerprint density at radius 2 is 2.00 bits per heavy atom. The summed E-state index contributed by atoms with van der Waals surface area (Å²) < 4.78 is 5.42. The normalized spacial score (nSPS) is 19.3. The van der Waals surface area contributed by atoms with E-state index < -0.39 is 12.0 Å². The van der Waals surface area contributed by atoms with Crippen LogP contribution in [0.25, 0.3) is 0 Å². The van der Waals surface area contributed by atoms with Crippen LogP contribution in [-0.4, -0.2) is 39.6 Å². The van der Waals surface area contributed by atoms with Crippen LogP contribution in [0.4, 0.5) is 0 Å². The summed E-state index contributed by atoms with van der Waals surface area (Å²) in [6, 6.07) is -0.739. The fourth-order valence-corrected chi connectivity index (χ4v) is 3.24. The van der Waals surface area contributed by atoms with Gasteiger partial charge >= 0.3 is 5.97 Å².